The Labute approximate surface area is 75.6 Å². The number of carbonyl (C=O) groups excluding carboxylic acids is 1. The number of aromatic nitrogens is 2. The van der Waals surface area contributed by atoms with Gasteiger partial charge < -0.3 is 4.98 Å². The first-order valence-electron chi connectivity index (χ1n) is 2.97. The third kappa shape index (κ3) is 2.52. The molecule has 0 bridgehead atoms. The van der Waals surface area contributed by atoms with E-state index < -0.39 is 0 Å². The summed E-state index contributed by atoms with van der Waals surface area (Å²) in [6.07, 6.45) is 1.87. The first-order valence-corrected chi connectivity index (χ1v) is 3.35. The highest BCUT2D eigenvalue weighted by Gasteiger charge is 2.05. The van der Waals surface area contributed by atoms with Crippen molar-refractivity contribution in [3.8, 4) is 0 Å². The number of nitrogens with zero attached hydrogens (tertiary/aromatic N) is 1. The summed E-state index contributed by atoms with van der Waals surface area (Å²) < 4.78 is 0. The molecule has 1 aromatic heterocycles. The second-order valence-electron chi connectivity index (χ2n) is 1.86. The van der Waals surface area contributed by atoms with Crippen LogP contribution in [0.4, 0.5) is 0 Å². The van der Waals surface area contributed by atoms with Crippen molar-refractivity contribution in [2.45, 2.75) is 13.3 Å². The number of nitrogens with one attached hydrogen (secondary N) is 1. The van der Waals surface area contributed by atoms with Gasteiger partial charge in [0.2, 0.25) is 0 Å². The molecule has 0 aliphatic heterocycles. The molecule has 0 fully saturated rings. The zero-order chi connectivity index (χ0) is 7.56. The molecule has 5 heteroatoms. The number of aromatic amines is 1. The van der Waals surface area contributed by atoms with Gasteiger partial charge in [-0.05, 0) is 0 Å². The van der Waals surface area contributed by atoms with Crippen LogP contribution in [0, 0.1) is 0 Å². The third-order valence-electron chi connectivity index (χ3n) is 1.13. The van der Waals surface area contributed by atoms with Crippen molar-refractivity contribution in [3.05, 3.63) is 17.2 Å². The Bertz CT molecular complexity index is 246. The van der Waals surface area contributed by atoms with Crippen molar-refractivity contribution in [1.82, 2.24) is 9.97 Å². The van der Waals surface area contributed by atoms with E-state index in [9.17, 15) is 4.79 Å². The Morgan fingerprint density at radius 1 is 1.82 bits per heavy atom. The lowest BCUT2D eigenvalue weighted by Gasteiger charge is -1.87. The number of ketones is 1. The van der Waals surface area contributed by atoms with Crippen molar-refractivity contribution < 1.29 is 4.79 Å². The fourth-order valence-corrected chi connectivity index (χ4v) is 0.746. The lowest BCUT2D eigenvalue weighted by Crippen LogP contribution is -1.98. The minimum Gasteiger partial charge on any atom is -0.327 e. The summed E-state index contributed by atoms with van der Waals surface area (Å²) >= 11 is 5.49. The maximum atomic E-state index is 10.9. The van der Waals surface area contributed by atoms with Crippen LogP contribution in [-0.2, 0) is 0 Å². The molecule has 1 rings (SSSR count). The molecular weight excluding hydrogens is 187 g/mol. The maximum Gasteiger partial charge on any atom is 0.197 e. The summed E-state index contributed by atoms with van der Waals surface area (Å²) in [6.45, 7) is 1.78. The average Bonchev–Trinajstić information content (AvgIpc) is 2.34. The van der Waals surface area contributed by atoms with Gasteiger partial charge in [-0.15, -0.1) is 12.4 Å². The molecule has 0 unspecified atom stereocenters. The number of rotatable bonds is 2. The quantitative estimate of drug-likeness (QED) is 0.734. The summed E-state index contributed by atoms with van der Waals surface area (Å²) in [5, 5.41) is 0.400. The molecule has 0 spiro atoms. The highest BCUT2D eigenvalue weighted by molar-refractivity contribution is 6.29. The molecule has 0 amide bonds. The molecule has 0 aliphatic carbocycles. The van der Waals surface area contributed by atoms with E-state index in [0.717, 1.165) is 0 Å². The Morgan fingerprint density at radius 2 is 2.45 bits per heavy atom. The molecule has 1 N–H and O–H groups in total. The lowest BCUT2D eigenvalue weighted by molar-refractivity contribution is 0.0979. The van der Waals surface area contributed by atoms with Crippen LogP contribution in [-0.4, -0.2) is 15.8 Å². The number of Topliss-reactive ketones (excluding diaryl/α,β-unsaturated/α-hetero) is 1. The number of carbonyl (C=O) groups is 1. The second kappa shape index (κ2) is 4.36. The van der Waals surface area contributed by atoms with Gasteiger partial charge in [-0.2, -0.15) is 0 Å². The van der Waals surface area contributed by atoms with E-state index in [0.29, 0.717) is 17.4 Å². The van der Waals surface area contributed by atoms with E-state index >= 15 is 0 Å². The van der Waals surface area contributed by atoms with E-state index in [1.807, 2.05) is 0 Å². The van der Waals surface area contributed by atoms with E-state index in [4.69, 9.17) is 11.6 Å². The molecule has 0 aromatic carbocycles. The fraction of sp³-hybridized carbons (Fsp3) is 0.333. The number of imidazole rings is 1. The van der Waals surface area contributed by atoms with Crippen LogP contribution in [0.2, 0.25) is 5.15 Å². The topological polar surface area (TPSA) is 45.8 Å². The summed E-state index contributed by atoms with van der Waals surface area (Å²) in [5.41, 5.74) is 0. The third-order valence-corrected chi connectivity index (χ3v) is 1.32. The smallest absolute Gasteiger partial charge is 0.197 e. The molecule has 62 valence electrons. The predicted octanol–water partition coefficient (Wildman–Crippen LogP) is 2.08. The van der Waals surface area contributed by atoms with E-state index in [2.05, 4.69) is 9.97 Å². The van der Waals surface area contributed by atoms with Gasteiger partial charge >= 0.3 is 0 Å². The summed E-state index contributed by atoms with van der Waals surface area (Å²) in [6, 6.07) is 0. The van der Waals surface area contributed by atoms with Gasteiger partial charge in [-0.1, -0.05) is 18.5 Å². The highest BCUT2D eigenvalue weighted by atomic mass is 35.5. The standard InChI is InChI=1S/C6H7ClN2O.ClH/c1-2-4(10)6-8-3-5(7)9-6;/h3H,2H2,1H3,(H,8,9);1H. The van der Waals surface area contributed by atoms with E-state index in [1.165, 1.54) is 6.20 Å². The van der Waals surface area contributed by atoms with Crippen molar-refractivity contribution in [2.75, 3.05) is 0 Å². The van der Waals surface area contributed by atoms with Crippen molar-refractivity contribution in [3.63, 3.8) is 0 Å². The number of hydrogen-bond acceptors (Lipinski definition) is 2. The molecule has 0 saturated carbocycles. The number of halogens is 2. The second-order valence-corrected chi connectivity index (χ2v) is 2.26. The molecule has 0 radical (unpaired) electrons. The summed E-state index contributed by atoms with van der Waals surface area (Å²) in [5.74, 6) is 0.319. The molecule has 0 aliphatic rings. The molecule has 3 nitrogen and oxygen atoms in total. The maximum absolute atomic E-state index is 10.9. The largest absolute Gasteiger partial charge is 0.327 e. The Balaban J connectivity index is 0.000001000. The van der Waals surface area contributed by atoms with Gasteiger partial charge in [0.15, 0.2) is 11.6 Å². The van der Waals surface area contributed by atoms with Crippen LogP contribution in [0.3, 0.4) is 0 Å². The van der Waals surface area contributed by atoms with Crippen molar-refractivity contribution in [2.24, 2.45) is 0 Å². The van der Waals surface area contributed by atoms with Gasteiger partial charge in [0.25, 0.3) is 0 Å². The fourth-order valence-electron chi connectivity index (χ4n) is 0.608. The van der Waals surface area contributed by atoms with E-state index in [-0.39, 0.29) is 18.2 Å². The van der Waals surface area contributed by atoms with Crippen molar-refractivity contribution in [1.29, 1.82) is 0 Å². The zero-order valence-electron chi connectivity index (χ0n) is 5.93. The van der Waals surface area contributed by atoms with Gasteiger partial charge in [0.05, 0.1) is 6.20 Å². The Hall–Kier alpha value is -0.540. The van der Waals surface area contributed by atoms with Crippen molar-refractivity contribution >= 4 is 29.8 Å². The molecule has 1 heterocycles. The minimum absolute atomic E-state index is 0. The Kier molecular flexibility index (Phi) is 4.15. The summed E-state index contributed by atoms with van der Waals surface area (Å²) in [4.78, 5) is 17.3. The van der Waals surface area contributed by atoms with Gasteiger partial charge in [0.1, 0.15) is 5.15 Å². The molecular formula is C6H8Cl2N2O. The van der Waals surface area contributed by atoms with Gasteiger partial charge in [0, 0.05) is 6.42 Å². The average molecular weight is 195 g/mol. The molecule has 11 heavy (non-hydrogen) atoms. The summed E-state index contributed by atoms with van der Waals surface area (Å²) in [7, 11) is 0. The SMILES string of the molecule is CCC(=O)c1ncc(Cl)[nH]1.Cl. The number of H-pyrrole nitrogens is 1. The van der Waals surface area contributed by atoms with Crippen LogP contribution >= 0.6 is 24.0 Å². The molecule has 0 atom stereocenters. The van der Waals surface area contributed by atoms with Gasteiger partial charge in [-0.25, -0.2) is 4.98 Å². The van der Waals surface area contributed by atoms with Crippen LogP contribution in [0.1, 0.15) is 24.0 Å². The van der Waals surface area contributed by atoms with Crippen LogP contribution in [0.25, 0.3) is 0 Å². The van der Waals surface area contributed by atoms with Crippen LogP contribution < -0.4 is 0 Å². The van der Waals surface area contributed by atoms with Gasteiger partial charge in [-0.3, -0.25) is 4.79 Å². The highest BCUT2D eigenvalue weighted by Crippen LogP contribution is 2.04. The van der Waals surface area contributed by atoms with Crippen LogP contribution in [0.15, 0.2) is 6.20 Å². The first-order chi connectivity index (χ1) is 4.74. The molecule has 0 saturated heterocycles. The zero-order valence-corrected chi connectivity index (χ0v) is 7.50. The molecule has 1 aromatic rings. The predicted molar refractivity (Wildman–Crippen MR) is 45.5 cm³/mol. The monoisotopic (exact) mass is 194 g/mol. The first kappa shape index (κ1) is 10.5. The Morgan fingerprint density at radius 3 is 2.82 bits per heavy atom. The number of hydrogen-bond donors (Lipinski definition) is 1. The minimum atomic E-state index is -0.0214. The van der Waals surface area contributed by atoms with E-state index in [1.54, 1.807) is 6.92 Å². The normalized spacial score (nSPS) is 8.91. The lowest BCUT2D eigenvalue weighted by atomic mass is 10.3. The van der Waals surface area contributed by atoms with Crippen LogP contribution in [0.5, 0.6) is 0 Å².